The molecule has 0 amide bonds. The van der Waals surface area contributed by atoms with Crippen LogP contribution < -0.4 is 5.56 Å². The van der Waals surface area contributed by atoms with Gasteiger partial charge in [-0.3, -0.25) is 14.6 Å². The first-order valence-electron chi connectivity index (χ1n) is 6.66. The van der Waals surface area contributed by atoms with E-state index in [-0.39, 0.29) is 5.56 Å². The summed E-state index contributed by atoms with van der Waals surface area (Å²) in [7, 11) is 0. The molecule has 0 spiro atoms. The van der Waals surface area contributed by atoms with Crippen LogP contribution in [-0.4, -0.2) is 9.78 Å². The number of hydrogen-bond donors (Lipinski definition) is 1. The number of aromatic amines is 1. The quantitative estimate of drug-likeness (QED) is 0.862. The van der Waals surface area contributed by atoms with Gasteiger partial charge < -0.3 is 0 Å². The third kappa shape index (κ3) is 2.40. The number of H-pyrrole nitrogens is 1. The van der Waals surface area contributed by atoms with Gasteiger partial charge in [0.2, 0.25) is 0 Å². The highest BCUT2D eigenvalue weighted by Gasteiger charge is 2.13. The van der Waals surface area contributed by atoms with E-state index in [4.69, 9.17) is 0 Å². The lowest BCUT2D eigenvalue weighted by atomic mass is 10.1. The summed E-state index contributed by atoms with van der Waals surface area (Å²) < 4.78 is 1.94. The molecule has 0 bridgehead atoms. The zero-order chi connectivity index (χ0) is 13.0. The Balaban J connectivity index is 2.50. The van der Waals surface area contributed by atoms with Gasteiger partial charge >= 0.3 is 0 Å². The Labute approximate surface area is 107 Å². The van der Waals surface area contributed by atoms with E-state index in [9.17, 15) is 4.79 Å². The second-order valence-corrected chi connectivity index (χ2v) is 4.49. The molecule has 18 heavy (non-hydrogen) atoms. The molecule has 3 heteroatoms. The maximum Gasteiger partial charge on any atom is 0.267 e. The Kier molecular flexibility index (Phi) is 4.03. The smallest absolute Gasteiger partial charge is 0.267 e. The minimum absolute atomic E-state index is 0.0486. The third-order valence-corrected chi connectivity index (χ3v) is 3.24. The van der Waals surface area contributed by atoms with E-state index in [1.165, 1.54) is 0 Å². The molecule has 2 rings (SSSR count). The van der Waals surface area contributed by atoms with Crippen LogP contribution in [0, 0.1) is 0 Å². The predicted octanol–water partition coefficient (Wildman–Crippen LogP) is 3.07. The number of unbranched alkanes of at least 4 members (excludes halogenated alkanes) is 1. The number of para-hydroxylation sites is 1. The predicted molar refractivity (Wildman–Crippen MR) is 74.4 cm³/mol. The van der Waals surface area contributed by atoms with Crippen molar-refractivity contribution in [2.24, 2.45) is 0 Å². The first kappa shape index (κ1) is 12.7. The number of aromatic nitrogens is 2. The fourth-order valence-electron chi connectivity index (χ4n) is 2.27. The summed E-state index contributed by atoms with van der Waals surface area (Å²) in [6, 6.07) is 10.00. The molecule has 96 valence electrons. The molecule has 0 saturated heterocycles. The van der Waals surface area contributed by atoms with Crippen molar-refractivity contribution in [1.29, 1.82) is 0 Å². The largest absolute Gasteiger partial charge is 0.268 e. The summed E-state index contributed by atoms with van der Waals surface area (Å²) in [6.45, 7) is 4.21. The summed E-state index contributed by atoms with van der Waals surface area (Å²) in [6.07, 6.45) is 3.98. The van der Waals surface area contributed by atoms with Crippen LogP contribution in [0.3, 0.4) is 0 Å². The van der Waals surface area contributed by atoms with E-state index in [0.717, 1.165) is 42.6 Å². The van der Waals surface area contributed by atoms with Crippen molar-refractivity contribution in [2.75, 3.05) is 0 Å². The molecule has 3 nitrogen and oxygen atoms in total. The number of nitrogens with zero attached hydrogens (tertiary/aromatic N) is 1. The van der Waals surface area contributed by atoms with Gasteiger partial charge in [0.1, 0.15) is 0 Å². The second kappa shape index (κ2) is 5.71. The van der Waals surface area contributed by atoms with Gasteiger partial charge in [-0.1, -0.05) is 38.5 Å². The maximum absolute atomic E-state index is 12.0. The van der Waals surface area contributed by atoms with Crippen molar-refractivity contribution in [3.8, 4) is 5.69 Å². The van der Waals surface area contributed by atoms with Crippen LogP contribution in [0.15, 0.2) is 35.1 Å². The Bertz CT molecular complexity index is 552. The summed E-state index contributed by atoms with van der Waals surface area (Å²) in [5.41, 5.74) is 3.13. The Morgan fingerprint density at radius 2 is 1.89 bits per heavy atom. The Morgan fingerprint density at radius 1 is 1.17 bits per heavy atom. The molecule has 1 aromatic heterocycles. The fourth-order valence-corrected chi connectivity index (χ4v) is 2.27. The third-order valence-electron chi connectivity index (χ3n) is 3.24. The highest BCUT2D eigenvalue weighted by molar-refractivity contribution is 5.35. The summed E-state index contributed by atoms with van der Waals surface area (Å²) in [5, 5.41) is 2.95. The van der Waals surface area contributed by atoms with E-state index in [0.29, 0.717) is 0 Å². The van der Waals surface area contributed by atoms with Gasteiger partial charge in [0, 0.05) is 11.3 Å². The highest BCUT2D eigenvalue weighted by atomic mass is 16.1. The van der Waals surface area contributed by atoms with E-state index in [1.807, 2.05) is 41.9 Å². The van der Waals surface area contributed by atoms with Crippen molar-refractivity contribution in [2.45, 2.75) is 39.5 Å². The molecule has 0 unspecified atom stereocenters. The molecular weight excluding hydrogens is 224 g/mol. The van der Waals surface area contributed by atoms with Gasteiger partial charge in [-0.05, 0) is 31.4 Å². The molecule has 2 aromatic rings. The van der Waals surface area contributed by atoms with Gasteiger partial charge in [0.15, 0.2) is 0 Å². The minimum Gasteiger partial charge on any atom is -0.268 e. The molecule has 1 aromatic carbocycles. The SMILES string of the molecule is CCCCc1c(CC)c(=O)[nH]n1-c1ccccc1. The van der Waals surface area contributed by atoms with Crippen molar-refractivity contribution >= 4 is 0 Å². The summed E-state index contributed by atoms with van der Waals surface area (Å²) >= 11 is 0. The van der Waals surface area contributed by atoms with Gasteiger partial charge in [-0.15, -0.1) is 0 Å². The van der Waals surface area contributed by atoms with Crippen LogP contribution >= 0.6 is 0 Å². The molecular formula is C15H20N2O. The number of rotatable bonds is 5. The van der Waals surface area contributed by atoms with Crippen molar-refractivity contribution in [3.05, 3.63) is 51.9 Å². The van der Waals surface area contributed by atoms with Gasteiger partial charge in [-0.2, -0.15) is 0 Å². The first-order valence-corrected chi connectivity index (χ1v) is 6.66. The standard InChI is InChI=1S/C15H20N2O/c1-3-5-11-14-13(4-2)15(18)16-17(14)12-9-7-6-8-10-12/h6-10H,3-5,11H2,1-2H3,(H,16,18). The van der Waals surface area contributed by atoms with E-state index in [1.54, 1.807) is 0 Å². The zero-order valence-corrected chi connectivity index (χ0v) is 11.1. The lowest BCUT2D eigenvalue weighted by molar-refractivity contribution is 0.722. The molecule has 0 aliphatic rings. The van der Waals surface area contributed by atoms with Crippen LogP contribution in [0.5, 0.6) is 0 Å². The van der Waals surface area contributed by atoms with Crippen LogP contribution in [0.2, 0.25) is 0 Å². The highest BCUT2D eigenvalue weighted by Crippen LogP contribution is 2.15. The minimum atomic E-state index is 0.0486. The van der Waals surface area contributed by atoms with Crippen LogP contribution in [0.25, 0.3) is 5.69 Å². The molecule has 0 aliphatic heterocycles. The van der Waals surface area contributed by atoms with Crippen molar-refractivity contribution in [1.82, 2.24) is 9.78 Å². The molecule has 0 aliphatic carbocycles. The Morgan fingerprint density at radius 3 is 2.50 bits per heavy atom. The van der Waals surface area contributed by atoms with Crippen LogP contribution in [0.1, 0.15) is 37.9 Å². The summed E-state index contributed by atoms with van der Waals surface area (Å²) in [5.74, 6) is 0. The lowest BCUT2D eigenvalue weighted by Gasteiger charge is -2.09. The van der Waals surface area contributed by atoms with E-state index in [2.05, 4.69) is 12.0 Å². The second-order valence-electron chi connectivity index (χ2n) is 4.49. The van der Waals surface area contributed by atoms with Gasteiger partial charge in [-0.25, -0.2) is 0 Å². The average Bonchev–Trinajstić information content (AvgIpc) is 2.73. The number of hydrogen-bond acceptors (Lipinski definition) is 1. The van der Waals surface area contributed by atoms with E-state index >= 15 is 0 Å². The lowest BCUT2D eigenvalue weighted by Crippen LogP contribution is -2.06. The van der Waals surface area contributed by atoms with Crippen molar-refractivity contribution in [3.63, 3.8) is 0 Å². The summed E-state index contributed by atoms with van der Waals surface area (Å²) in [4.78, 5) is 12.0. The van der Waals surface area contributed by atoms with Crippen LogP contribution in [-0.2, 0) is 12.8 Å². The normalized spacial score (nSPS) is 10.8. The Hall–Kier alpha value is -1.77. The topological polar surface area (TPSA) is 37.8 Å². The van der Waals surface area contributed by atoms with Crippen molar-refractivity contribution < 1.29 is 0 Å². The molecule has 0 fully saturated rings. The number of benzene rings is 1. The van der Waals surface area contributed by atoms with Gasteiger partial charge in [0.25, 0.3) is 5.56 Å². The van der Waals surface area contributed by atoms with Gasteiger partial charge in [0.05, 0.1) is 5.69 Å². The number of nitrogens with one attached hydrogen (secondary N) is 1. The fraction of sp³-hybridized carbons (Fsp3) is 0.400. The zero-order valence-electron chi connectivity index (χ0n) is 11.1. The molecule has 0 saturated carbocycles. The van der Waals surface area contributed by atoms with Crippen LogP contribution in [0.4, 0.5) is 0 Å². The molecule has 1 heterocycles. The molecule has 1 N–H and O–H groups in total. The maximum atomic E-state index is 12.0. The first-order chi connectivity index (χ1) is 8.77. The monoisotopic (exact) mass is 244 g/mol. The molecule has 0 radical (unpaired) electrons. The van der Waals surface area contributed by atoms with E-state index < -0.39 is 0 Å². The average molecular weight is 244 g/mol. The molecule has 0 atom stereocenters.